The zero-order valence-electron chi connectivity index (χ0n) is 17.8. The minimum Gasteiger partial charge on any atom is -0.494 e. The number of ether oxygens (including phenoxy) is 1. The molecule has 2 N–H and O–H groups in total. The summed E-state index contributed by atoms with van der Waals surface area (Å²) in [5.41, 5.74) is 0.956. The molecule has 3 rings (SSSR count). The molecule has 8 nitrogen and oxygen atoms in total. The third-order valence-electron chi connectivity index (χ3n) is 4.36. The minimum atomic E-state index is -4.03. The van der Waals surface area contributed by atoms with E-state index in [4.69, 9.17) is 16.3 Å². The number of nitrogens with zero attached hydrogens (tertiary/aromatic N) is 2. The van der Waals surface area contributed by atoms with Gasteiger partial charge in [0.2, 0.25) is 0 Å². The first kappa shape index (κ1) is 23.4. The van der Waals surface area contributed by atoms with Crippen LogP contribution in [0, 0.1) is 0 Å². The summed E-state index contributed by atoms with van der Waals surface area (Å²) in [7, 11) is -0.316. The lowest BCUT2D eigenvalue weighted by atomic mass is 10.2. The van der Waals surface area contributed by atoms with E-state index in [-0.39, 0.29) is 15.5 Å². The van der Waals surface area contributed by atoms with E-state index in [0.29, 0.717) is 23.7 Å². The third-order valence-corrected chi connectivity index (χ3v) is 6.23. The van der Waals surface area contributed by atoms with E-state index < -0.39 is 15.9 Å². The van der Waals surface area contributed by atoms with Crippen molar-refractivity contribution in [2.45, 2.75) is 11.8 Å². The Balaban J connectivity index is 1.79. The molecular weight excluding hydrogens is 452 g/mol. The first-order valence-electron chi connectivity index (χ1n) is 9.69. The fraction of sp³-hybridized carbons (Fsp3) is 0.182. The second kappa shape index (κ2) is 9.88. The molecule has 0 radical (unpaired) electrons. The van der Waals surface area contributed by atoms with Crippen LogP contribution in [0.1, 0.15) is 17.3 Å². The highest BCUT2D eigenvalue weighted by atomic mass is 35.5. The Morgan fingerprint density at radius 1 is 1.06 bits per heavy atom. The Kier molecular flexibility index (Phi) is 7.22. The van der Waals surface area contributed by atoms with Crippen LogP contribution in [0.3, 0.4) is 0 Å². The number of rotatable bonds is 8. The maximum atomic E-state index is 12.9. The summed E-state index contributed by atoms with van der Waals surface area (Å²) in [5, 5.41) is 2.70. The molecule has 0 aliphatic heterocycles. The summed E-state index contributed by atoms with van der Waals surface area (Å²) in [4.78, 5) is 18.5. The van der Waals surface area contributed by atoms with E-state index in [1.165, 1.54) is 24.4 Å². The second-order valence-electron chi connectivity index (χ2n) is 6.96. The summed E-state index contributed by atoms with van der Waals surface area (Å²) in [6, 6.07) is 14.0. The lowest BCUT2D eigenvalue weighted by Gasteiger charge is -2.13. The zero-order chi connectivity index (χ0) is 23.3. The van der Waals surface area contributed by atoms with Crippen molar-refractivity contribution in [2.75, 3.05) is 35.6 Å². The van der Waals surface area contributed by atoms with Crippen molar-refractivity contribution in [3.63, 3.8) is 0 Å². The smallest absolute Gasteiger partial charge is 0.263 e. The van der Waals surface area contributed by atoms with Crippen LogP contribution in [0.5, 0.6) is 5.75 Å². The first-order valence-corrected chi connectivity index (χ1v) is 11.6. The van der Waals surface area contributed by atoms with Crippen LogP contribution in [0.15, 0.2) is 65.7 Å². The number of anilines is 3. The molecule has 1 heterocycles. The Morgan fingerprint density at radius 3 is 2.34 bits per heavy atom. The number of aromatic nitrogens is 1. The molecule has 2 aromatic carbocycles. The van der Waals surface area contributed by atoms with Crippen LogP contribution < -0.4 is 19.7 Å². The van der Waals surface area contributed by atoms with E-state index in [1.807, 2.05) is 25.9 Å². The highest BCUT2D eigenvalue weighted by Gasteiger charge is 2.21. The molecule has 0 unspecified atom stereocenters. The number of sulfonamides is 1. The highest BCUT2D eigenvalue weighted by molar-refractivity contribution is 7.92. The fourth-order valence-corrected chi connectivity index (χ4v) is 4.36. The normalized spacial score (nSPS) is 11.0. The largest absolute Gasteiger partial charge is 0.494 e. The standard InChI is InChI=1S/C22H23ClN4O4S/c1-4-31-18-9-6-16(7-10-18)26-32(29,30)20-13-15(5-11-19(20)23)22(28)25-17-8-12-21(24-14-17)27(2)3/h5-14,26H,4H2,1-3H3,(H,25,28). The van der Waals surface area contributed by atoms with Gasteiger partial charge in [-0.25, -0.2) is 13.4 Å². The van der Waals surface area contributed by atoms with Crippen molar-refractivity contribution < 1.29 is 17.9 Å². The number of amides is 1. The van der Waals surface area contributed by atoms with Crippen molar-refractivity contribution in [1.82, 2.24) is 4.98 Å². The van der Waals surface area contributed by atoms with Crippen LogP contribution in [-0.2, 0) is 10.0 Å². The lowest BCUT2D eigenvalue weighted by Crippen LogP contribution is -2.17. The predicted octanol–water partition coefficient (Wildman–Crippen LogP) is 4.25. The van der Waals surface area contributed by atoms with Crippen molar-refractivity contribution >= 4 is 44.7 Å². The fourth-order valence-electron chi connectivity index (χ4n) is 2.77. The zero-order valence-corrected chi connectivity index (χ0v) is 19.4. The topological polar surface area (TPSA) is 101 Å². The van der Waals surface area contributed by atoms with E-state index >= 15 is 0 Å². The van der Waals surface area contributed by atoms with Gasteiger partial charge < -0.3 is 15.0 Å². The van der Waals surface area contributed by atoms with Crippen LogP contribution in [0.25, 0.3) is 0 Å². The molecule has 32 heavy (non-hydrogen) atoms. The molecule has 0 fully saturated rings. The van der Waals surface area contributed by atoms with Gasteiger partial charge in [0, 0.05) is 25.3 Å². The van der Waals surface area contributed by atoms with Gasteiger partial charge in [0.25, 0.3) is 15.9 Å². The molecule has 168 valence electrons. The molecule has 3 aromatic rings. The van der Waals surface area contributed by atoms with E-state index in [2.05, 4.69) is 15.0 Å². The Morgan fingerprint density at radius 2 is 1.75 bits per heavy atom. The van der Waals surface area contributed by atoms with E-state index in [1.54, 1.807) is 36.4 Å². The Labute approximate surface area is 192 Å². The van der Waals surface area contributed by atoms with Gasteiger partial charge >= 0.3 is 0 Å². The lowest BCUT2D eigenvalue weighted by molar-refractivity contribution is 0.102. The van der Waals surface area contributed by atoms with Crippen molar-refractivity contribution in [1.29, 1.82) is 0 Å². The monoisotopic (exact) mass is 474 g/mol. The average Bonchev–Trinajstić information content (AvgIpc) is 2.75. The van der Waals surface area contributed by atoms with Gasteiger partial charge in [0.1, 0.15) is 16.5 Å². The number of carbonyl (C=O) groups is 1. The summed E-state index contributed by atoms with van der Waals surface area (Å²) < 4.78 is 33.6. The van der Waals surface area contributed by atoms with Crippen LogP contribution in [0.2, 0.25) is 5.02 Å². The summed E-state index contributed by atoms with van der Waals surface area (Å²) in [6.07, 6.45) is 1.52. The van der Waals surface area contributed by atoms with Gasteiger partial charge in [-0.15, -0.1) is 0 Å². The molecule has 0 aliphatic carbocycles. The van der Waals surface area contributed by atoms with Gasteiger partial charge in [-0.05, 0) is 61.5 Å². The third kappa shape index (κ3) is 5.68. The molecule has 10 heteroatoms. The first-order chi connectivity index (χ1) is 15.2. The second-order valence-corrected chi connectivity index (χ2v) is 9.02. The summed E-state index contributed by atoms with van der Waals surface area (Å²) in [5.74, 6) is 0.877. The molecule has 0 saturated carbocycles. The number of pyridine rings is 1. The number of hydrogen-bond acceptors (Lipinski definition) is 6. The van der Waals surface area contributed by atoms with Crippen LogP contribution >= 0.6 is 11.6 Å². The van der Waals surface area contributed by atoms with E-state index in [9.17, 15) is 13.2 Å². The van der Waals surface area contributed by atoms with Gasteiger partial charge in [-0.3, -0.25) is 9.52 Å². The van der Waals surface area contributed by atoms with Gasteiger partial charge in [-0.2, -0.15) is 0 Å². The molecule has 0 spiro atoms. The molecule has 1 amide bonds. The van der Waals surface area contributed by atoms with Gasteiger partial charge in [-0.1, -0.05) is 11.6 Å². The Hall–Kier alpha value is -3.30. The molecule has 0 aliphatic rings. The maximum absolute atomic E-state index is 12.9. The average molecular weight is 475 g/mol. The van der Waals surface area contributed by atoms with Crippen LogP contribution in [-0.4, -0.2) is 40.0 Å². The minimum absolute atomic E-state index is 0.00279. The molecule has 0 bridgehead atoms. The number of carbonyl (C=O) groups excluding carboxylic acids is 1. The molecule has 0 atom stereocenters. The van der Waals surface area contributed by atoms with Crippen molar-refractivity contribution in [2.24, 2.45) is 0 Å². The number of nitrogens with one attached hydrogen (secondary N) is 2. The summed E-state index contributed by atoms with van der Waals surface area (Å²) in [6.45, 7) is 2.36. The number of benzene rings is 2. The van der Waals surface area contributed by atoms with Crippen molar-refractivity contribution in [3.8, 4) is 5.75 Å². The Bertz CT molecular complexity index is 1200. The number of hydrogen-bond donors (Lipinski definition) is 2. The maximum Gasteiger partial charge on any atom is 0.263 e. The molecule has 0 saturated heterocycles. The predicted molar refractivity (Wildman–Crippen MR) is 126 cm³/mol. The van der Waals surface area contributed by atoms with Crippen LogP contribution in [0.4, 0.5) is 17.2 Å². The highest BCUT2D eigenvalue weighted by Crippen LogP contribution is 2.26. The summed E-state index contributed by atoms with van der Waals surface area (Å²) >= 11 is 6.14. The quantitative estimate of drug-likeness (QED) is 0.506. The number of halogens is 1. The van der Waals surface area contributed by atoms with Crippen molar-refractivity contribution in [3.05, 3.63) is 71.4 Å². The molecule has 1 aromatic heterocycles. The van der Waals surface area contributed by atoms with Gasteiger partial charge in [0.15, 0.2) is 0 Å². The SMILES string of the molecule is CCOc1ccc(NS(=O)(=O)c2cc(C(=O)Nc3ccc(N(C)C)nc3)ccc2Cl)cc1. The molecular formula is C22H23ClN4O4S. The van der Waals surface area contributed by atoms with E-state index in [0.717, 1.165) is 5.82 Å². The van der Waals surface area contributed by atoms with Gasteiger partial charge in [0.05, 0.1) is 23.5 Å².